The van der Waals surface area contributed by atoms with E-state index in [1.807, 2.05) is 12.1 Å². The van der Waals surface area contributed by atoms with Crippen LogP contribution in [0, 0.1) is 5.82 Å². The summed E-state index contributed by atoms with van der Waals surface area (Å²) in [5.41, 5.74) is 0.243. The Labute approximate surface area is 186 Å². The van der Waals surface area contributed by atoms with Gasteiger partial charge in [0.15, 0.2) is 17.5 Å². The van der Waals surface area contributed by atoms with Crippen molar-refractivity contribution in [3.8, 4) is 5.75 Å². The highest BCUT2D eigenvalue weighted by Crippen LogP contribution is 2.19. The average molecular weight is 459 g/mol. The lowest BCUT2D eigenvalue weighted by Gasteiger charge is -2.14. The summed E-state index contributed by atoms with van der Waals surface area (Å²) in [7, 11) is 1.52. The van der Waals surface area contributed by atoms with Crippen molar-refractivity contribution in [2.75, 3.05) is 0 Å². The van der Waals surface area contributed by atoms with E-state index < -0.39 is 23.4 Å². The molecule has 4 rings (SSSR count). The monoisotopic (exact) mass is 458 g/mol. The zero-order valence-electron chi connectivity index (χ0n) is 17.1. The number of aromatic nitrogens is 4. The van der Waals surface area contributed by atoms with Crippen molar-refractivity contribution in [1.29, 1.82) is 0 Å². The third kappa shape index (κ3) is 4.58. The van der Waals surface area contributed by atoms with Gasteiger partial charge in [-0.3, -0.25) is 14.3 Å². The molecule has 8 nitrogen and oxygen atoms in total. The van der Waals surface area contributed by atoms with Gasteiger partial charge in [-0.25, -0.2) is 14.2 Å². The van der Waals surface area contributed by atoms with Crippen LogP contribution in [-0.4, -0.2) is 30.5 Å². The Balaban J connectivity index is 1.65. The highest BCUT2D eigenvalue weighted by Gasteiger charge is 2.19. The van der Waals surface area contributed by atoms with E-state index in [4.69, 9.17) is 16.3 Å². The molecule has 1 atom stereocenters. The molecule has 2 aromatic heterocycles. The number of imidazole rings is 1. The minimum absolute atomic E-state index is 0.131. The zero-order chi connectivity index (χ0) is 22.8. The van der Waals surface area contributed by atoms with Crippen molar-refractivity contribution in [1.82, 2.24) is 19.1 Å². The second-order valence-electron chi connectivity index (χ2n) is 7.30. The van der Waals surface area contributed by atoms with Crippen LogP contribution in [0.4, 0.5) is 4.39 Å². The van der Waals surface area contributed by atoms with Gasteiger partial charge in [-0.2, -0.15) is 0 Å². The number of ether oxygens (including phenoxy) is 1. The topological polar surface area (TPSA) is 102 Å². The molecule has 0 saturated carbocycles. The third-order valence-corrected chi connectivity index (χ3v) is 5.28. The highest BCUT2D eigenvalue weighted by molar-refractivity contribution is 6.30. The van der Waals surface area contributed by atoms with Gasteiger partial charge in [0.05, 0.1) is 0 Å². The van der Waals surface area contributed by atoms with Crippen LogP contribution in [-0.2, 0) is 20.0 Å². The van der Waals surface area contributed by atoms with E-state index in [0.29, 0.717) is 17.4 Å². The smallest absolute Gasteiger partial charge is 0.329 e. The van der Waals surface area contributed by atoms with E-state index >= 15 is 0 Å². The second kappa shape index (κ2) is 8.97. The van der Waals surface area contributed by atoms with Gasteiger partial charge in [-0.05, 0) is 29.8 Å². The van der Waals surface area contributed by atoms with Crippen LogP contribution in [0.2, 0.25) is 5.02 Å². The van der Waals surface area contributed by atoms with Gasteiger partial charge < -0.3 is 14.4 Å². The van der Waals surface area contributed by atoms with Gasteiger partial charge >= 0.3 is 5.69 Å². The highest BCUT2D eigenvalue weighted by atomic mass is 35.5. The first-order valence-corrected chi connectivity index (χ1v) is 10.2. The number of aromatic amines is 1. The summed E-state index contributed by atoms with van der Waals surface area (Å²) in [6.07, 6.45) is -0.846. The van der Waals surface area contributed by atoms with Crippen LogP contribution < -0.4 is 16.0 Å². The first-order chi connectivity index (χ1) is 15.3. The molecule has 0 aliphatic rings. The van der Waals surface area contributed by atoms with Crippen LogP contribution in [0.5, 0.6) is 5.75 Å². The number of fused-ring (bicyclic) bond motifs is 1. The average Bonchev–Trinajstić information content (AvgIpc) is 3.11. The molecular weight excluding hydrogens is 439 g/mol. The van der Waals surface area contributed by atoms with E-state index in [-0.39, 0.29) is 29.8 Å². The van der Waals surface area contributed by atoms with Crippen molar-refractivity contribution in [2.45, 2.75) is 25.7 Å². The largest absolute Gasteiger partial charge is 0.465 e. The fourth-order valence-corrected chi connectivity index (χ4v) is 3.55. The van der Waals surface area contributed by atoms with Gasteiger partial charge in [0.2, 0.25) is 0 Å². The van der Waals surface area contributed by atoms with Crippen molar-refractivity contribution in [3.63, 3.8) is 0 Å². The van der Waals surface area contributed by atoms with E-state index in [2.05, 4.69) is 9.97 Å². The molecule has 0 fully saturated rings. The molecule has 10 heteroatoms. The molecule has 166 valence electrons. The predicted octanol–water partition coefficient (Wildman–Crippen LogP) is 2.59. The van der Waals surface area contributed by atoms with Crippen LogP contribution >= 0.6 is 11.6 Å². The molecule has 2 heterocycles. The molecule has 0 spiro atoms. The van der Waals surface area contributed by atoms with Gasteiger partial charge in [-0.1, -0.05) is 29.8 Å². The number of hydrogen-bond donors (Lipinski definition) is 2. The summed E-state index contributed by atoms with van der Waals surface area (Å²) in [6, 6.07) is 12.6. The molecule has 0 saturated heterocycles. The Morgan fingerprint density at radius 2 is 1.97 bits per heavy atom. The molecule has 0 aliphatic carbocycles. The molecule has 0 radical (unpaired) electrons. The number of halogens is 2. The summed E-state index contributed by atoms with van der Waals surface area (Å²) in [6.45, 7) is 0.311. The maximum Gasteiger partial charge on any atom is 0.329 e. The Bertz CT molecular complexity index is 1380. The maximum absolute atomic E-state index is 13.3. The Kier molecular flexibility index (Phi) is 6.11. The lowest BCUT2D eigenvalue weighted by Crippen LogP contribution is -2.29. The van der Waals surface area contributed by atoms with Crippen molar-refractivity contribution in [2.24, 2.45) is 7.05 Å². The SMILES string of the molecule is Cn1c(=O)[nH]c(=O)c2c1nc(CCC(O)Oc1cccc(F)c1)n2Cc1ccc(Cl)cc1. The van der Waals surface area contributed by atoms with E-state index in [9.17, 15) is 19.1 Å². The van der Waals surface area contributed by atoms with E-state index in [0.717, 1.165) is 5.56 Å². The predicted molar refractivity (Wildman–Crippen MR) is 118 cm³/mol. The lowest BCUT2D eigenvalue weighted by atomic mass is 10.2. The minimum atomic E-state index is -1.22. The number of nitrogens with one attached hydrogen (secondary N) is 1. The van der Waals surface area contributed by atoms with Crippen molar-refractivity contribution in [3.05, 3.63) is 91.6 Å². The normalized spacial score (nSPS) is 12.2. The van der Waals surface area contributed by atoms with Crippen LogP contribution in [0.15, 0.2) is 58.1 Å². The van der Waals surface area contributed by atoms with Gasteiger partial charge in [-0.15, -0.1) is 0 Å². The number of aryl methyl sites for hydroxylation is 2. The fraction of sp³-hybridized carbons (Fsp3) is 0.227. The standard InChI is InChI=1S/C22H20ClFN4O4/c1-27-20-19(21(30)26-22(27)31)28(12-13-5-7-14(23)8-6-13)17(25-20)9-10-18(29)32-16-4-2-3-15(24)11-16/h2-8,11,18,29H,9-10,12H2,1H3,(H,26,30,31). The summed E-state index contributed by atoms with van der Waals surface area (Å²) in [5, 5.41) is 10.9. The fourth-order valence-electron chi connectivity index (χ4n) is 3.42. The molecule has 0 amide bonds. The Morgan fingerprint density at radius 1 is 1.22 bits per heavy atom. The van der Waals surface area contributed by atoms with Crippen molar-refractivity contribution < 1.29 is 14.2 Å². The summed E-state index contributed by atoms with van der Waals surface area (Å²) in [5.74, 6) is 0.217. The van der Waals surface area contributed by atoms with Gasteiger partial charge in [0.1, 0.15) is 17.4 Å². The summed E-state index contributed by atoms with van der Waals surface area (Å²) >= 11 is 5.97. The first kappa shape index (κ1) is 21.8. The van der Waals surface area contributed by atoms with Gasteiger partial charge in [0.25, 0.3) is 5.56 Å². The quantitative estimate of drug-likeness (QED) is 0.414. The number of aliphatic hydroxyl groups is 1. The van der Waals surface area contributed by atoms with Gasteiger partial charge in [0, 0.05) is 37.5 Å². The number of H-pyrrole nitrogens is 1. The Morgan fingerprint density at radius 3 is 2.69 bits per heavy atom. The molecule has 32 heavy (non-hydrogen) atoms. The van der Waals surface area contributed by atoms with Crippen LogP contribution in [0.3, 0.4) is 0 Å². The maximum atomic E-state index is 13.3. The number of aliphatic hydroxyl groups excluding tert-OH is 1. The molecule has 0 aliphatic heterocycles. The number of hydrogen-bond acceptors (Lipinski definition) is 5. The van der Waals surface area contributed by atoms with E-state index in [1.165, 1.54) is 35.9 Å². The molecular formula is C22H20ClFN4O4. The Hall–Kier alpha value is -3.43. The minimum Gasteiger partial charge on any atom is -0.465 e. The number of nitrogens with zero attached hydrogens (tertiary/aromatic N) is 3. The number of benzene rings is 2. The summed E-state index contributed by atoms with van der Waals surface area (Å²) < 4.78 is 21.7. The first-order valence-electron chi connectivity index (χ1n) is 9.85. The van der Waals surface area contributed by atoms with Crippen LogP contribution in [0.1, 0.15) is 17.8 Å². The third-order valence-electron chi connectivity index (χ3n) is 5.02. The molecule has 1 unspecified atom stereocenters. The molecule has 0 bridgehead atoms. The molecule has 2 N–H and O–H groups in total. The molecule has 4 aromatic rings. The zero-order valence-corrected chi connectivity index (χ0v) is 17.8. The van der Waals surface area contributed by atoms with Crippen molar-refractivity contribution >= 4 is 22.8 Å². The second-order valence-corrected chi connectivity index (χ2v) is 7.74. The van der Waals surface area contributed by atoms with E-state index in [1.54, 1.807) is 16.7 Å². The summed E-state index contributed by atoms with van der Waals surface area (Å²) in [4.78, 5) is 31.4. The number of rotatable bonds is 7. The van der Waals surface area contributed by atoms with Crippen LogP contribution in [0.25, 0.3) is 11.2 Å². The lowest BCUT2D eigenvalue weighted by molar-refractivity contribution is -0.0231. The molecule has 2 aromatic carbocycles.